The summed E-state index contributed by atoms with van der Waals surface area (Å²) in [6, 6.07) is 14.3. The van der Waals surface area contributed by atoms with Crippen molar-refractivity contribution >= 4 is 56.2 Å². The number of carbonyl (C=O) groups excluding carboxylic acids is 1. The summed E-state index contributed by atoms with van der Waals surface area (Å²) in [5, 5.41) is 15.7. The van der Waals surface area contributed by atoms with Crippen LogP contribution in [-0.4, -0.2) is 31.4 Å². The summed E-state index contributed by atoms with van der Waals surface area (Å²) < 4.78 is 3.29. The molecule has 0 aliphatic carbocycles. The van der Waals surface area contributed by atoms with Crippen LogP contribution in [0.15, 0.2) is 53.0 Å². The van der Waals surface area contributed by atoms with E-state index in [1.54, 1.807) is 22.7 Å². The van der Waals surface area contributed by atoms with E-state index >= 15 is 0 Å². The number of rotatable bonds is 7. The Morgan fingerprint density at radius 1 is 1.08 bits per heavy atom. The van der Waals surface area contributed by atoms with Gasteiger partial charge in [-0.05, 0) is 82.1 Å². The summed E-state index contributed by atoms with van der Waals surface area (Å²) in [6.45, 7) is 10.5. The topological polar surface area (TPSA) is 72.7 Å². The van der Waals surface area contributed by atoms with Gasteiger partial charge in [-0.3, -0.25) is 9.36 Å². The molecule has 1 amide bonds. The zero-order chi connectivity index (χ0) is 25.4. The Kier molecular flexibility index (Phi) is 6.96. The molecule has 0 aliphatic rings. The zero-order valence-electron chi connectivity index (χ0n) is 20.8. The monoisotopic (exact) mass is 533 g/mol. The maximum atomic E-state index is 12.7. The molecule has 0 atom stereocenters. The molecule has 9 heteroatoms. The van der Waals surface area contributed by atoms with Crippen molar-refractivity contribution in [2.45, 2.75) is 45.8 Å². The van der Waals surface area contributed by atoms with Crippen molar-refractivity contribution in [3.05, 3.63) is 63.8 Å². The summed E-state index contributed by atoms with van der Waals surface area (Å²) in [6.07, 6.45) is 0. The predicted molar refractivity (Wildman–Crippen MR) is 152 cm³/mol. The number of thiazole rings is 1. The van der Waals surface area contributed by atoms with Gasteiger partial charge in [0, 0.05) is 33.1 Å². The van der Waals surface area contributed by atoms with Gasteiger partial charge in [0.1, 0.15) is 5.01 Å². The average molecular weight is 534 g/mol. The second-order valence-corrected chi connectivity index (χ2v) is 12.1. The molecule has 0 spiro atoms. The standard InChI is InChI=1S/C27H27N5OS3/c1-15(2)32-25(21-13-34-18(5)17(21)4)30-31-27(32)35-14-24(33)28-20-9-7-19(8-10-20)26-29-22-11-6-16(3)12-23(22)36-26/h6-13,15H,14H2,1-5H3,(H,28,33). The number of carbonyl (C=O) groups is 1. The molecule has 5 aromatic rings. The van der Waals surface area contributed by atoms with E-state index in [9.17, 15) is 4.79 Å². The van der Waals surface area contributed by atoms with E-state index in [2.05, 4.69) is 78.3 Å². The molecule has 0 fully saturated rings. The molecule has 1 N–H and O–H groups in total. The molecule has 3 aromatic heterocycles. The molecule has 3 heterocycles. The third kappa shape index (κ3) is 4.96. The first-order valence-corrected chi connectivity index (χ1v) is 14.4. The van der Waals surface area contributed by atoms with Crippen LogP contribution in [0.3, 0.4) is 0 Å². The molecule has 184 valence electrons. The summed E-state index contributed by atoms with van der Waals surface area (Å²) >= 11 is 4.81. The minimum atomic E-state index is -0.0781. The number of nitrogens with zero attached hydrogens (tertiary/aromatic N) is 4. The highest BCUT2D eigenvalue weighted by atomic mass is 32.2. The normalized spacial score (nSPS) is 11.5. The zero-order valence-corrected chi connectivity index (χ0v) is 23.3. The van der Waals surface area contributed by atoms with Gasteiger partial charge in [-0.15, -0.1) is 32.9 Å². The van der Waals surface area contributed by atoms with Crippen molar-refractivity contribution in [2.75, 3.05) is 11.1 Å². The fraction of sp³-hybridized carbons (Fsp3) is 0.259. The highest BCUT2D eigenvalue weighted by Gasteiger charge is 2.20. The van der Waals surface area contributed by atoms with E-state index in [1.807, 2.05) is 24.3 Å². The van der Waals surface area contributed by atoms with Gasteiger partial charge < -0.3 is 5.32 Å². The van der Waals surface area contributed by atoms with Crippen molar-refractivity contribution in [3.63, 3.8) is 0 Å². The number of anilines is 1. The largest absolute Gasteiger partial charge is 0.325 e. The maximum absolute atomic E-state index is 12.7. The highest BCUT2D eigenvalue weighted by molar-refractivity contribution is 7.99. The van der Waals surface area contributed by atoms with E-state index in [0.717, 1.165) is 38.3 Å². The van der Waals surface area contributed by atoms with Crippen molar-refractivity contribution < 1.29 is 4.79 Å². The third-order valence-corrected chi connectivity index (χ3v) is 9.02. The molecule has 0 radical (unpaired) electrons. The Labute approximate surface area is 222 Å². The molecule has 2 aromatic carbocycles. The molecular weight excluding hydrogens is 507 g/mol. The van der Waals surface area contributed by atoms with E-state index in [0.29, 0.717) is 0 Å². The second-order valence-electron chi connectivity index (χ2n) is 9.00. The summed E-state index contributed by atoms with van der Waals surface area (Å²) in [5.74, 6) is 1.03. The first-order chi connectivity index (χ1) is 17.3. The molecule has 6 nitrogen and oxygen atoms in total. The number of thioether (sulfide) groups is 1. The molecule has 5 rings (SSSR count). The van der Waals surface area contributed by atoms with E-state index in [1.165, 1.54) is 32.5 Å². The van der Waals surface area contributed by atoms with Crippen LogP contribution in [0, 0.1) is 20.8 Å². The molecule has 0 aliphatic heterocycles. The van der Waals surface area contributed by atoms with Gasteiger partial charge in [0.2, 0.25) is 5.91 Å². The SMILES string of the molecule is Cc1ccc2nc(-c3ccc(NC(=O)CSc4nnc(-c5csc(C)c5C)n4C(C)C)cc3)sc2c1. The molecule has 0 bridgehead atoms. The van der Waals surface area contributed by atoms with Crippen LogP contribution in [0.5, 0.6) is 0 Å². The van der Waals surface area contributed by atoms with E-state index in [-0.39, 0.29) is 17.7 Å². The minimum Gasteiger partial charge on any atom is -0.325 e. The average Bonchev–Trinajstić information content (AvgIpc) is 3.55. The van der Waals surface area contributed by atoms with Gasteiger partial charge in [0.25, 0.3) is 0 Å². The quantitative estimate of drug-likeness (QED) is 0.219. The third-order valence-electron chi connectivity index (χ3n) is 6.00. The number of benzene rings is 2. The Morgan fingerprint density at radius 2 is 1.86 bits per heavy atom. The molecule has 0 saturated carbocycles. The Bertz CT molecular complexity index is 1550. The fourth-order valence-electron chi connectivity index (χ4n) is 3.94. The molecule has 36 heavy (non-hydrogen) atoms. The first-order valence-electron chi connectivity index (χ1n) is 11.7. The van der Waals surface area contributed by atoms with Gasteiger partial charge in [-0.2, -0.15) is 0 Å². The number of nitrogens with one attached hydrogen (secondary N) is 1. The van der Waals surface area contributed by atoms with E-state index in [4.69, 9.17) is 4.98 Å². The predicted octanol–water partition coefficient (Wildman–Crippen LogP) is 7.52. The number of fused-ring (bicyclic) bond motifs is 1. The Morgan fingerprint density at radius 3 is 2.56 bits per heavy atom. The van der Waals surface area contributed by atoms with Gasteiger partial charge in [-0.1, -0.05) is 17.8 Å². The molecule has 0 saturated heterocycles. The van der Waals surface area contributed by atoms with Crippen molar-refractivity contribution in [2.24, 2.45) is 0 Å². The number of aromatic nitrogens is 4. The smallest absolute Gasteiger partial charge is 0.234 e. The van der Waals surface area contributed by atoms with Gasteiger partial charge in [0.05, 0.1) is 16.0 Å². The van der Waals surface area contributed by atoms with Gasteiger partial charge in [0.15, 0.2) is 11.0 Å². The fourth-order valence-corrected chi connectivity index (χ4v) is 6.74. The number of aryl methyl sites for hydroxylation is 2. The van der Waals surface area contributed by atoms with Crippen molar-refractivity contribution in [1.29, 1.82) is 0 Å². The van der Waals surface area contributed by atoms with Crippen molar-refractivity contribution in [1.82, 2.24) is 19.7 Å². The van der Waals surface area contributed by atoms with Gasteiger partial charge in [-0.25, -0.2) is 4.98 Å². The summed E-state index contributed by atoms with van der Waals surface area (Å²) in [4.78, 5) is 18.7. The van der Waals surface area contributed by atoms with Crippen LogP contribution in [0.2, 0.25) is 0 Å². The lowest BCUT2D eigenvalue weighted by molar-refractivity contribution is -0.113. The van der Waals surface area contributed by atoms with Crippen LogP contribution in [0.25, 0.3) is 32.2 Å². The molecule has 0 unspecified atom stereocenters. The highest BCUT2D eigenvalue weighted by Crippen LogP contribution is 2.34. The number of hydrogen-bond donors (Lipinski definition) is 1. The van der Waals surface area contributed by atoms with E-state index < -0.39 is 0 Å². The number of amides is 1. The lowest BCUT2D eigenvalue weighted by Gasteiger charge is -2.13. The van der Waals surface area contributed by atoms with Crippen LogP contribution in [0.4, 0.5) is 5.69 Å². The van der Waals surface area contributed by atoms with Gasteiger partial charge >= 0.3 is 0 Å². The second kappa shape index (κ2) is 10.2. The van der Waals surface area contributed by atoms with Crippen LogP contribution in [-0.2, 0) is 4.79 Å². The lowest BCUT2D eigenvalue weighted by atomic mass is 10.1. The van der Waals surface area contributed by atoms with Crippen LogP contribution >= 0.6 is 34.4 Å². The van der Waals surface area contributed by atoms with Crippen LogP contribution in [0.1, 0.15) is 35.9 Å². The Hall–Kier alpha value is -3.01. The first kappa shape index (κ1) is 24.7. The van der Waals surface area contributed by atoms with Crippen molar-refractivity contribution in [3.8, 4) is 22.0 Å². The number of hydrogen-bond acceptors (Lipinski definition) is 7. The van der Waals surface area contributed by atoms with Crippen LogP contribution < -0.4 is 5.32 Å². The number of thiophene rings is 1. The summed E-state index contributed by atoms with van der Waals surface area (Å²) in [7, 11) is 0. The maximum Gasteiger partial charge on any atom is 0.234 e. The lowest BCUT2D eigenvalue weighted by Crippen LogP contribution is -2.15. The minimum absolute atomic E-state index is 0.0781. The Balaban J connectivity index is 1.25. The summed E-state index contributed by atoms with van der Waals surface area (Å²) in [5.41, 5.74) is 6.38. The molecular formula is C27H27N5OS3.